The molecule has 0 saturated carbocycles. The maximum absolute atomic E-state index is 6.37. The Labute approximate surface area is 133 Å². The molecule has 1 aliphatic rings. The number of halogens is 2. The SMILES string of the molecule is CCNc1c2c(nc3c(Cl)ccc(Br)c13)CCCCC2. The lowest BCUT2D eigenvalue weighted by atomic mass is 10.0. The molecule has 1 aromatic heterocycles. The molecule has 0 atom stereocenters. The Morgan fingerprint density at radius 3 is 2.85 bits per heavy atom. The molecule has 4 heteroatoms. The van der Waals surface area contributed by atoms with Crippen molar-refractivity contribution in [3.8, 4) is 0 Å². The minimum absolute atomic E-state index is 0.731. The number of benzene rings is 1. The lowest BCUT2D eigenvalue weighted by Gasteiger charge is -2.18. The van der Waals surface area contributed by atoms with Gasteiger partial charge in [-0.15, -0.1) is 0 Å². The summed E-state index contributed by atoms with van der Waals surface area (Å²) in [5.74, 6) is 0. The normalized spacial score (nSPS) is 14.9. The van der Waals surface area contributed by atoms with Crippen molar-refractivity contribution in [3.05, 3.63) is 32.9 Å². The molecule has 1 aromatic carbocycles. The molecule has 2 aromatic rings. The number of fused-ring (bicyclic) bond motifs is 2. The molecule has 0 unspecified atom stereocenters. The Morgan fingerprint density at radius 1 is 1.25 bits per heavy atom. The molecule has 1 heterocycles. The number of nitrogens with one attached hydrogen (secondary N) is 1. The van der Waals surface area contributed by atoms with Crippen LogP contribution in [-0.2, 0) is 12.8 Å². The highest BCUT2D eigenvalue weighted by Gasteiger charge is 2.19. The van der Waals surface area contributed by atoms with E-state index in [9.17, 15) is 0 Å². The Balaban J connectivity index is 2.36. The number of hydrogen-bond acceptors (Lipinski definition) is 2. The number of aromatic nitrogens is 1. The van der Waals surface area contributed by atoms with Crippen molar-refractivity contribution in [1.82, 2.24) is 4.98 Å². The number of anilines is 1. The largest absolute Gasteiger partial charge is 0.384 e. The van der Waals surface area contributed by atoms with Crippen molar-refractivity contribution >= 4 is 44.1 Å². The molecule has 1 aliphatic carbocycles. The molecule has 20 heavy (non-hydrogen) atoms. The third kappa shape index (κ3) is 2.42. The predicted molar refractivity (Wildman–Crippen MR) is 89.9 cm³/mol. The summed E-state index contributed by atoms with van der Waals surface area (Å²) in [6.45, 7) is 3.04. The van der Waals surface area contributed by atoms with Crippen LogP contribution in [0.15, 0.2) is 16.6 Å². The standard InChI is InChI=1S/C16H18BrClN2/c1-2-19-15-10-6-4-3-5-7-13(10)20-16-12(18)9-8-11(17)14(15)16/h8-9H,2-7H2,1H3,(H,19,20). The maximum atomic E-state index is 6.37. The molecule has 1 N–H and O–H groups in total. The second kappa shape index (κ2) is 5.90. The highest BCUT2D eigenvalue weighted by Crippen LogP contribution is 2.39. The monoisotopic (exact) mass is 352 g/mol. The summed E-state index contributed by atoms with van der Waals surface area (Å²) >= 11 is 10.0. The summed E-state index contributed by atoms with van der Waals surface area (Å²) in [7, 11) is 0. The zero-order valence-corrected chi connectivity index (χ0v) is 13.9. The van der Waals surface area contributed by atoms with Gasteiger partial charge in [-0.2, -0.15) is 0 Å². The zero-order chi connectivity index (χ0) is 14.1. The predicted octanol–water partition coefficient (Wildman–Crippen LogP) is 5.35. The van der Waals surface area contributed by atoms with Crippen molar-refractivity contribution in [1.29, 1.82) is 0 Å². The van der Waals surface area contributed by atoms with Crippen molar-refractivity contribution in [2.24, 2.45) is 0 Å². The fourth-order valence-corrected chi connectivity index (χ4v) is 3.72. The van der Waals surface area contributed by atoms with E-state index in [-0.39, 0.29) is 0 Å². The van der Waals surface area contributed by atoms with Gasteiger partial charge in [0.05, 0.1) is 10.5 Å². The van der Waals surface area contributed by atoms with Gasteiger partial charge in [0.1, 0.15) is 0 Å². The summed E-state index contributed by atoms with van der Waals surface area (Å²) < 4.78 is 1.06. The van der Waals surface area contributed by atoms with E-state index in [1.807, 2.05) is 12.1 Å². The first-order valence-corrected chi connectivity index (χ1v) is 8.42. The van der Waals surface area contributed by atoms with Crippen molar-refractivity contribution in [2.75, 3.05) is 11.9 Å². The second-order valence-corrected chi connectivity index (χ2v) is 6.52. The number of nitrogens with zero attached hydrogens (tertiary/aromatic N) is 1. The third-order valence-electron chi connectivity index (χ3n) is 3.92. The van der Waals surface area contributed by atoms with Crippen LogP contribution in [0.4, 0.5) is 5.69 Å². The Bertz CT molecular complexity index is 655. The van der Waals surface area contributed by atoms with Gasteiger partial charge in [0.25, 0.3) is 0 Å². The fourth-order valence-electron chi connectivity index (χ4n) is 3.00. The molecular formula is C16H18BrClN2. The van der Waals surface area contributed by atoms with Gasteiger partial charge in [0.15, 0.2) is 0 Å². The number of aryl methyl sites for hydroxylation is 1. The molecule has 0 radical (unpaired) electrons. The van der Waals surface area contributed by atoms with Gasteiger partial charge in [-0.3, -0.25) is 4.98 Å². The van der Waals surface area contributed by atoms with Gasteiger partial charge < -0.3 is 5.32 Å². The molecule has 0 saturated heterocycles. The first-order chi connectivity index (χ1) is 9.72. The number of rotatable bonds is 2. The van der Waals surface area contributed by atoms with E-state index in [1.54, 1.807) is 0 Å². The smallest absolute Gasteiger partial charge is 0.0923 e. The van der Waals surface area contributed by atoms with E-state index in [0.29, 0.717) is 0 Å². The van der Waals surface area contributed by atoms with Crippen LogP contribution in [0.5, 0.6) is 0 Å². The first kappa shape index (κ1) is 14.2. The van der Waals surface area contributed by atoms with E-state index in [0.717, 1.165) is 39.8 Å². The van der Waals surface area contributed by atoms with Crippen LogP contribution in [0, 0.1) is 0 Å². The maximum Gasteiger partial charge on any atom is 0.0923 e. The van der Waals surface area contributed by atoms with Gasteiger partial charge in [0, 0.05) is 27.8 Å². The lowest BCUT2D eigenvalue weighted by Crippen LogP contribution is -2.07. The highest BCUT2D eigenvalue weighted by molar-refractivity contribution is 9.10. The summed E-state index contributed by atoms with van der Waals surface area (Å²) in [4.78, 5) is 4.88. The van der Waals surface area contributed by atoms with Crippen LogP contribution < -0.4 is 5.32 Å². The second-order valence-electron chi connectivity index (χ2n) is 5.26. The topological polar surface area (TPSA) is 24.9 Å². The Morgan fingerprint density at radius 2 is 2.05 bits per heavy atom. The molecule has 0 fully saturated rings. The molecular weight excluding hydrogens is 336 g/mol. The summed E-state index contributed by atoms with van der Waals surface area (Å²) in [6.07, 6.45) is 5.93. The van der Waals surface area contributed by atoms with E-state index < -0.39 is 0 Å². The van der Waals surface area contributed by atoms with Gasteiger partial charge in [-0.25, -0.2) is 0 Å². The molecule has 0 amide bonds. The quantitative estimate of drug-likeness (QED) is 0.736. The third-order valence-corrected chi connectivity index (χ3v) is 4.88. The summed E-state index contributed by atoms with van der Waals surface area (Å²) in [5, 5.41) is 5.40. The van der Waals surface area contributed by atoms with Gasteiger partial charge >= 0.3 is 0 Å². The summed E-state index contributed by atoms with van der Waals surface area (Å²) in [5.41, 5.74) is 4.76. The Hall–Kier alpha value is -0.800. The first-order valence-electron chi connectivity index (χ1n) is 7.25. The van der Waals surface area contributed by atoms with Crippen molar-refractivity contribution in [2.45, 2.75) is 39.0 Å². The molecule has 0 aliphatic heterocycles. The van der Waals surface area contributed by atoms with Crippen LogP contribution in [0.3, 0.4) is 0 Å². The average Bonchev–Trinajstić information content (AvgIpc) is 2.68. The van der Waals surface area contributed by atoms with Crippen LogP contribution in [0.25, 0.3) is 10.9 Å². The van der Waals surface area contributed by atoms with Gasteiger partial charge in [-0.1, -0.05) is 34.0 Å². The lowest BCUT2D eigenvalue weighted by molar-refractivity contribution is 0.709. The van der Waals surface area contributed by atoms with Crippen molar-refractivity contribution in [3.63, 3.8) is 0 Å². The minimum atomic E-state index is 0.731. The van der Waals surface area contributed by atoms with E-state index in [2.05, 4.69) is 28.2 Å². The van der Waals surface area contributed by atoms with E-state index >= 15 is 0 Å². The molecule has 3 rings (SSSR count). The molecule has 0 spiro atoms. The number of pyridine rings is 1. The number of hydrogen-bond donors (Lipinski definition) is 1. The Kier molecular flexibility index (Phi) is 4.18. The van der Waals surface area contributed by atoms with Gasteiger partial charge in [-0.05, 0) is 50.3 Å². The molecule has 106 valence electrons. The molecule has 0 bridgehead atoms. The van der Waals surface area contributed by atoms with Crippen LogP contribution >= 0.6 is 27.5 Å². The minimum Gasteiger partial charge on any atom is -0.384 e. The highest BCUT2D eigenvalue weighted by atomic mass is 79.9. The zero-order valence-electron chi connectivity index (χ0n) is 11.6. The molecule has 2 nitrogen and oxygen atoms in total. The van der Waals surface area contributed by atoms with Gasteiger partial charge in [0.2, 0.25) is 0 Å². The summed E-state index contributed by atoms with van der Waals surface area (Å²) in [6, 6.07) is 3.93. The van der Waals surface area contributed by atoms with E-state index in [1.165, 1.54) is 36.2 Å². The van der Waals surface area contributed by atoms with Crippen LogP contribution in [-0.4, -0.2) is 11.5 Å². The average molecular weight is 354 g/mol. The fraction of sp³-hybridized carbons (Fsp3) is 0.438. The van der Waals surface area contributed by atoms with Crippen LogP contribution in [0.2, 0.25) is 5.02 Å². The van der Waals surface area contributed by atoms with Crippen LogP contribution in [0.1, 0.15) is 37.4 Å². The van der Waals surface area contributed by atoms with Crippen molar-refractivity contribution < 1.29 is 0 Å². The van der Waals surface area contributed by atoms with E-state index in [4.69, 9.17) is 16.6 Å².